The molecule has 0 saturated carbocycles. The first-order valence-corrected chi connectivity index (χ1v) is 9.02. The second-order valence-corrected chi connectivity index (χ2v) is 6.72. The van der Waals surface area contributed by atoms with Crippen LogP contribution in [-0.2, 0) is 13.0 Å². The third-order valence-electron chi connectivity index (χ3n) is 4.13. The van der Waals surface area contributed by atoms with Gasteiger partial charge in [-0.05, 0) is 57.3 Å². The lowest BCUT2D eigenvalue weighted by Crippen LogP contribution is -2.28. The summed E-state index contributed by atoms with van der Waals surface area (Å²) >= 11 is 5.40. The van der Waals surface area contributed by atoms with Crippen LogP contribution in [0.4, 0.5) is 5.69 Å². The van der Waals surface area contributed by atoms with E-state index in [0.717, 1.165) is 29.2 Å². The van der Waals surface area contributed by atoms with E-state index in [-0.39, 0.29) is 6.10 Å². The van der Waals surface area contributed by atoms with Crippen molar-refractivity contribution in [3.8, 4) is 11.5 Å². The van der Waals surface area contributed by atoms with Gasteiger partial charge in [0.15, 0.2) is 5.11 Å². The average molecular weight is 356 g/mol. The molecule has 0 saturated heterocycles. The van der Waals surface area contributed by atoms with Crippen LogP contribution in [0.1, 0.15) is 30.5 Å². The highest BCUT2D eigenvalue weighted by molar-refractivity contribution is 7.80. The number of benzene rings is 2. The SMILES string of the molecule is CCOc1cc2c(cc1CNC(=S)Nc1ccc(C)cc1)O[C@H](C)C2. The van der Waals surface area contributed by atoms with Crippen LogP contribution in [0.2, 0.25) is 0 Å². The van der Waals surface area contributed by atoms with Crippen molar-refractivity contribution in [3.63, 3.8) is 0 Å². The van der Waals surface area contributed by atoms with Crippen molar-refractivity contribution in [3.05, 3.63) is 53.1 Å². The van der Waals surface area contributed by atoms with Crippen LogP contribution in [0, 0.1) is 6.92 Å². The van der Waals surface area contributed by atoms with E-state index < -0.39 is 0 Å². The third kappa shape index (κ3) is 4.42. The number of nitrogens with one attached hydrogen (secondary N) is 2. The van der Waals surface area contributed by atoms with Crippen molar-refractivity contribution in [2.45, 2.75) is 39.8 Å². The van der Waals surface area contributed by atoms with Crippen LogP contribution in [0.25, 0.3) is 0 Å². The van der Waals surface area contributed by atoms with E-state index in [0.29, 0.717) is 18.3 Å². The van der Waals surface area contributed by atoms with Crippen molar-refractivity contribution in [2.24, 2.45) is 0 Å². The van der Waals surface area contributed by atoms with Crippen LogP contribution < -0.4 is 20.1 Å². The molecular weight excluding hydrogens is 332 g/mol. The Bertz CT molecular complexity index is 759. The third-order valence-corrected chi connectivity index (χ3v) is 4.37. The van der Waals surface area contributed by atoms with Crippen molar-refractivity contribution in [2.75, 3.05) is 11.9 Å². The Morgan fingerprint density at radius 3 is 2.76 bits per heavy atom. The lowest BCUT2D eigenvalue weighted by atomic mass is 10.1. The zero-order valence-electron chi connectivity index (χ0n) is 14.9. The predicted molar refractivity (Wildman–Crippen MR) is 106 cm³/mol. The molecule has 2 aromatic carbocycles. The van der Waals surface area contributed by atoms with E-state index in [1.165, 1.54) is 11.1 Å². The van der Waals surface area contributed by atoms with Gasteiger partial charge in [-0.1, -0.05) is 17.7 Å². The monoisotopic (exact) mass is 356 g/mol. The summed E-state index contributed by atoms with van der Waals surface area (Å²) in [5.41, 5.74) is 4.44. The van der Waals surface area contributed by atoms with Gasteiger partial charge in [0.05, 0.1) is 6.61 Å². The first-order valence-electron chi connectivity index (χ1n) is 8.62. The number of aryl methyl sites for hydroxylation is 1. The van der Waals surface area contributed by atoms with Crippen molar-refractivity contribution in [1.29, 1.82) is 0 Å². The molecule has 1 atom stereocenters. The quantitative estimate of drug-likeness (QED) is 0.786. The molecule has 0 radical (unpaired) electrons. The molecule has 3 rings (SSSR count). The lowest BCUT2D eigenvalue weighted by Gasteiger charge is -2.15. The summed E-state index contributed by atoms with van der Waals surface area (Å²) in [6.07, 6.45) is 1.15. The van der Waals surface area contributed by atoms with E-state index in [1.807, 2.05) is 19.1 Å². The van der Waals surface area contributed by atoms with Gasteiger partial charge in [0.1, 0.15) is 17.6 Å². The van der Waals surface area contributed by atoms with E-state index in [9.17, 15) is 0 Å². The van der Waals surface area contributed by atoms with Crippen LogP contribution in [-0.4, -0.2) is 17.8 Å². The van der Waals surface area contributed by atoms with Gasteiger partial charge in [0.25, 0.3) is 0 Å². The summed E-state index contributed by atoms with van der Waals surface area (Å²) in [5, 5.41) is 7.03. The summed E-state index contributed by atoms with van der Waals surface area (Å²) in [7, 11) is 0. The number of rotatable bonds is 5. The Morgan fingerprint density at radius 1 is 1.28 bits per heavy atom. The van der Waals surface area contributed by atoms with Crippen molar-refractivity contribution >= 4 is 23.0 Å². The molecule has 2 aromatic rings. The standard InChI is InChI=1S/C20H24N2O2S/c1-4-23-18-10-15-9-14(3)24-19(15)11-16(18)12-21-20(25)22-17-7-5-13(2)6-8-17/h5-8,10-11,14H,4,9,12H2,1-3H3,(H2,21,22,25)/t14-/m1/s1. The molecule has 1 aliphatic heterocycles. The fourth-order valence-electron chi connectivity index (χ4n) is 2.90. The number of thiocarbonyl (C=S) groups is 1. The molecule has 1 heterocycles. The van der Waals surface area contributed by atoms with Crippen LogP contribution in [0.3, 0.4) is 0 Å². The van der Waals surface area contributed by atoms with Gasteiger partial charge in [0, 0.05) is 29.8 Å². The minimum absolute atomic E-state index is 0.219. The maximum Gasteiger partial charge on any atom is 0.171 e. The summed E-state index contributed by atoms with van der Waals surface area (Å²) in [4.78, 5) is 0. The number of ether oxygens (including phenoxy) is 2. The first-order chi connectivity index (χ1) is 12.0. The predicted octanol–water partition coefficient (Wildman–Crippen LogP) is 4.20. The van der Waals surface area contributed by atoms with Gasteiger partial charge in [-0.3, -0.25) is 0 Å². The molecule has 0 aromatic heterocycles. The van der Waals surface area contributed by atoms with Gasteiger partial charge in [-0.2, -0.15) is 0 Å². The summed E-state index contributed by atoms with van der Waals surface area (Å²) in [6, 6.07) is 12.3. The van der Waals surface area contributed by atoms with Gasteiger partial charge in [0.2, 0.25) is 0 Å². The highest BCUT2D eigenvalue weighted by atomic mass is 32.1. The van der Waals surface area contributed by atoms with Gasteiger partial charge < -0.3 is 20.1 Å². The molecule has 5 heteroatoms. The van der Waals surface area contributed by atoms with Crippen LogP contribution >= 0.6 is 12.2 Å². The lowest BCUT2D eigenvalue weighted by molar-refractivity contribution is 0.254. The van der Waals surface area contributed by atoms with Crippen LogP contribution in [0.5, 0.6) is 11.5 Å². The number of hydrogen-bond donors (Lipinski definition) is 2. The van der Waals surface area contributed by atoms with Crippen molar-refractivity contribution in [1.82, 2.24) is 5.32 Å². The zero-order chi connectivity index (χ0) is 17.8. The Hall–Kier alpha value is -2.27. The molecule has 4 nitrogen and oxygen atoms in total. The number of fused-ring (bicyclic) bond motifs is 1. The van der Waals surface area contributed by atoms with E-state index in [2.05, 4.69) is 48.7 Å². The second kappa shape index (κ2) is 7.74. The van der Waals surface area contributed by atoms with Crippen molar-refractivity contribution < 1.29 is 9.47 Å². The molecule has 132 valence electrons. The molecule has 0 aliphatic carbocycles. The molecule has 25 heavy (non-hydrogen) atoms. The minimum atomic E-state index is 0.219. The normalized spacial score (nSPS) is 15.2. The highest BCUT2D eigenvalue weighted by Crippen LogP contribution is 2.35. The fourth-order valence-corrected chi connectivity index (χ4v) is 3.09. The molecule has 0 bridgehead atoms. The highest BCUT2D eigenvalue weighted by Gasteiger charge is 2.21. The average Bonchev–Trinajstić information content (AvgIpc) is 2.94. The number of anilines is 1. The topological polar surface area (TPSA) is 42.5 Å². The molecular formula is C20H24N2O2S. The second-order valence-electron chi connectivity index (χ2n) is 6.31. The Balaban J connectivity index is 1.66. The van der Waals surface area contributed by atoms with Crippen LogP contribution in [0.15, 0.2) is 36.4 Å². The summed E-state index contributed by atoms with van der Waals surface area (Å²) in [5.74, 6) is 1.84. The maximum absolute atomic E-state index is 5.86. The molecule has 1 aliphatic rings. The van der Waals surface area contributed by atoms with Gasteiger partial charge in [-0.15, -0.1) is 0 Å². The molecule has 0 unspecified atom stereocenters. The molecule has 0 fully saturated rings. The van der Waals surface area contributed by atoms with Gasteiger partial charge >= 0.3 is 0 Å². The zero-order valence-corrected chi connectivity index (χ0v) is 15.7. The Kier molecular flexibility index (Phi) is 5.43. The van der Waals surface area contributed by atoms with E-state index in [1.54, 1.807) is 0 Å². The van der Waals surface area contributed by atoms with E-state index in [4.69, 9.17) is 21.7 Å². The molecule has 2 N–H and O–H groups in total. The maximum atomic E-state index is 5.86. The van der Waals surface area contributed by atoms with E-state index >= 15 is 0 Å². The molecule has 0 amide bonds. The largest absolute Gasteiger partial charge is 0.494 e. The van der Waals surface area contributed by atoms with Gasteiger partial charge in [-0.25, -0.2) is 0 Å². The number of hydrogen-bond acceptors (Lipinski definition) is 3. The first kappa shape index (κ1) is 17.5. The molecule has 0 spiro atoms. The Labute approximate surface area is 154 Å². The Morgan fingerprint density at radius 2 is 2.04 bits per heavy atom. The minimum Gasteiger partial charge on any atom is -0.494 e. The summed E-state index contributed by atoms with van der Waals surface area (Å²) in [6.45, 7) is 7.35. The fraction of sp³-hybridized carbons (Fsp3) is 0.350. The smallest absolute Gasteiger partial charge is 0.171 e. The summed E-state index contributed by atoms with van der Waals surface area (Å²) < 4.78 is 11.7.